The fourth-order valence-electron chi connectivity index (χ4n) is 5.11. The molecule has 0 atom stereocenters. The van der Waals surface area contributed by atoms with Gasteiger partial charge in [0.1, 0.15) is 0 Å². The van der Waals surface area contributed by atoms with Crippen LogP contribution in [0.3, 0.4) is 0 Å². The van der Waals surface area contributed by atoms with Crippen LogP contribution in [0, 0.1) is 6.92 Å². The van der Waals surface area contributed by atoms with Crippen LogP contribution in [0.25, 0.3) is 17.0 Å². The van der Waals surface area contributed by atoms with E-state index in [2.05, 4.69) is 96.1 Å². The summed E-state index contributed by atoms with van der Waals surface area (Å²) in [6.07, 6.45) is 4.28. The molecule has 1 saturated heterocycles. The molecule has 0 spiro atoms. The second-order valence-electron chi connectivity index (χ2n) is 10.0. The highest BCUT2D eigenvalue weighted by molar-refractivity contribution is 6.01. The number of rotatable bonds is 9. The average Bonchev–Trinajstić information content (AvgIpc) is 3.14. The van der Waals surface area contributed by atoms with Crippen LogP contribution < -0.4 is 0 Å². The van der Waals surface area contributed by atoms with Gasteiger partial charge in [-0.15, -0.1) is 0 Å². The first-order chi connectivity index (χ1) is 16.9. The van der Waals surface area contributed by atoms with E-state index in [1.807, 2.05) is 11.8 Å². The maximum absolute atomic E-state index is 13.3. The zero-order chi connectivity index (χ0) is 24.8. The van der Waals surface area contributed by atoms with Crippen molar-refractivity contribution in [3.63, 3.8) is 0 Å². The summed E-state index contributed by atoms with van der Waals surface area (Å²) in [5.74, 6) is 0.163. The maximum Gasteiger partial charge on any atom is 0.249 e. The van der Waals surface area contributed by atoms with Gasteiger partial charge in [-0.2, -0.15) is 0 Å². The second-order valence-corrected chi connectivity index (χ2v) is 10.0. The molecule has 0 N–H and O–H groups in total. The minimum Gasteiger partial charge on any atom is -0.344 e. The van der Waals surface area contributed by atoms with Crippen molar-refractivity contribution in [1.29, 1.82) is 0 Å². The van der Waals surface area contributed by atoms with Gasteiger partial charge in [0.15, 0.2) is 0 Å². The second kappa shape index (κ2) is 11.7. The van der Waals surface area contributed by atoms with Crippen LogP contribution in [0.5, 0.6) is 0 Å². The molecular weight excluding hydrogens is 432 g/mol. The van der Waals surface area contributed by atoms with E-state index in [1.54, 1.807) is 0 Å². The molecule has 1 aliphatic rings. The van der Waals surface area contributed by atoms with Gasteiger partial charge < -0.3 is 14.4 Å². The summed E-state index contributed by atoms with van der Waals surface area (Å²) in [4.78, 5) is 20.0. The largest absolute Gasteiger partial charge is 0.344 e. The van der Waals surface area contributed by atoms with E-state index in [9.17, 15) is 4.79 Å². The topological polar surface area (TPSA) is 31.7 Å². The van der Waals surface area contributed by atoms with Gasteiger partial charge in [-0.1, -0.05) is 48.5 Å². The molecule has 0 bridgehead atoms. The van der Waals surface area contributed by atoms with Gasteiger partial charge in [-0.25, -0.2) is 0 Å². The first-order valence-electron chi connectivity index (χ1n) is 12.9. The van der Waals surface area contributed by atoms with E-state index in [1.165, 1.54) is 27.7 Å². The van der Waals surface area contributed by atoms with E-state index in [4.69, 9.17) is 0 Å². The number of piperazine rings is 1. The lowest BCUT2D eigenvalue weighted by molar-refractivity contribution is -0.128. The standard InChI is InChI=1S/C30H40N4O/c1-24(30(35)33-21-19-32(20-22-33)18-15-26-11-6-5-7-12-26)23-28-25(2)34(17-10-16-31(3)4)29-14-9-8-13-27(28)29/h5-9,11-14,23H,10,15-22H2,1-4H3. The summed E-state index contributed by atoms with van der Waals surface area (Å²) < 4.78 is 2.41. The number of nitrogens with zero attached hydrogens (tertiary/aromatic N) is 4. The molecule has 2 aromatic carbocycles. The molecular formula is C30H40N4O. The highest BCUT2D eigenvalue weighted by Gasteiger charge is 2.22. The Bertz CT molecular complexity index is 1150. The van der Waals surface area contributed by atoms with Gasteiger partial charge in [-0.3, -0.25) is 9.69 Å². The number of benzene rings is 2. The van der Waals surface area contributed by atoms with Crippen molar-refractivity contribution in [3.05, 3.63) is 77.0 Å². The molecule has 1 amide bonds. The van der Waals surface area contributed by atoms with E-state index < -0.39 is 0 Å². The van der Waals surface area contributed by atoms with Crippen molar-refractivity contribution >= 4 is 22.9 Å². The monoisotopic (exact) mass is 472 g/mol. The summed E-state index contributed by atoms with van der Waals surface area (Å²) in [6.45, 7) is 10.7. The third-order valence-electron chi connectivity index (χ3n) is 7.18. The number of hydrogen-bond acceptors (Lipinski definition) is 3. The molecule has 0 aliphatic carbocycles. The van der Waals surface area contributed by atoms with E-state index in [-0.39, 0.29) is 5.91 Å². The molecule has 0 saturated carbocycles. The molecule has 3 aromatic rings. The quantitative estimate of drug-likeness (QED) is 0.424. The molecule has 5 nitrogen and oxygen atoms in total. The van der Waals surface area contributed by atoms with Gasteiger partial charge >= 0.3 is 0 Å². The van der Waals surface area contributed by atoms with Crippen molar-refractivity contribution < 1.29 is 4.79 Å². The summed E-state index contributed by atoms with van der Waals surface area (Å²) in [7, 11) is 4.24. The number of para-hydroxylation sites is 1. The molecule has 1 fully saturated rings. The molecule has 186 valence electrons. The fourth-order valence-corrected chi connectivity index (χ4v) is 5.11. The number of amides is 1. The summed E-state index contributed by atoms with van der Waals surface area (Å²) in [5.41, 5.74) is 5.87. The Labute approximate surface area is 210 Å². The van der Waals surface area contributed by atoms with Crippen LogP contribution in [-0.2, 0) is 17.8 Å². The Kier molecular flexibility index (Phi) is 8.42. The minimum absolute atomic E-state index is 0.163. The normalized spacial score (nSPS) is 15.3. The van der Waals surface area contributed by atoms with E-state index in [0.29, 0.717) is 0 Å². The predicted octanol–water partition coefficient (Wildman–Crippen LogP) is 4.69. The number of aryl methyl sites for hydroxylation is 1. The molecule has 0 radical (unpaired) electrons. The summed E-state index contributed by atoms with van der Waals surface area (Å²) in [5, 5.41) is 1.23. The van der Waals surface area contributed by atoms with Crippen molar-refractivity contribution in [2.24, 2.45) is 0 Å². The van der Waals surface area contributed by atoms with Crippen LogP contribution >= 0.6 is 0 Å². The van der Waals surface area contributed by atoms with Crippen LogP contribution in [0.4, 0.5) is 0 Å². The fraction of sp³-hybridized carbons (Fsp3) is 0.433. The summed E-state index contributed by atoms with van der Waals surface area (Å²) in [6, 6.07) is 19.2. The van der Waals surface area contributed by atoms with Gasteiger partial charge in [0.2, 0.25) is 5.91 Å². The molecule has 35 heavy (non-hydrogen) atoms. The first kappa shape index (κ1) is 25.2. The van der Waals surface area contributed by atoms with Crippen LogP contribution in [0.2, 0.25) is 0 Å². The highest BCUT2D eigenvalue weighted by Crippen LogP contribution is 2.28. The first-order valence-corrected chi connectivity index (χ1v) is 12.9. The van der Waals surface area contributed by atoms with Crippen LogP contribution in [0.15, 0.2) is 60.2 Å². The van der Waals surface area contributed by atoms with Gasteiger partial charge in [0, 0.05) is 67.0 Å². The lowest BCUT2D eigenvalue weighted by atomic mass is 10.1. The van der Waals surface area contributed by atoms with Gasteiger partial charge in [0.25, 0.3) is 0 Å². The Hall–Kier alpha value is -2.89. The number of carbonyl (C=O) groups is 1. The lowest BCUT2D eigenvalue weighted by Gasteiger charge is -2.35. The maximum atomic E-state index is 13.3. The highest BCUT2D eigenvalue weighted by atomic mass is 16.2. The third-order valence-corrected chi connectivity index (χ3v) is 7.18. The number of aromatic nitrogens is 1. The van der Waals surface area contributed by atoms with Gasteiger partial charge in [-0.05, 0) is 65.0 Å². The Morgan fingerprint density at radius 3 is 2.34 bits per heavy atom. The summed E-state index contributed by atoms with van der Waals surface area (Å²) >= 11 is 0. The Morgan fingerprint density at radius 2 is 1.63 bits per heavy atom. The number of carbonyl (C=O) groups excluding carboxylic acids is 1. The van der Waals surface area contributed by atoms with Crippen molar-refractivity contribution in [1.82, 2.24) is 19.3 Å². The molecule has 4 rings (SSSR count). The van der Waals surface area contributed by atoms with Gasteiger partial charge in [0.05, 0.1) is 0 Å². The van der Waals surface area contributed by atoms with Crippen molar-refractivity contribution in [3.8, 4) is 0 Å². The Balaban J connectivity index is 1.41. The van der Waals surface area contributed by atoms with Crippen LogP contribution in [-0.4, -0.2) is 78.5 Å². The number of hydrogen-bond donors (Lipinski definition) is 0. The molecule has 0 unspecified atom stereocenters. The number of fused-ring (bicyclic) bond motifs is 1. The smallest absolute Gasteiger partial charge is 0.249 e. The molecule has 1 aromatic heterocycles. The van der Waals surface area contributed by atoms with E-state index >= 15 is 0 Å². The SMILES string of the molecule is CC(=Cc1c(C)n(CCCN(C)C)c2ccccc12)C(=O)N1CCN(CCc2ccccc2)CC1. The minimum atomic E-state index is 0.163. The molecule has 1 aliphatic heterocycles. The Morgan fingerprint density at radius 1 is 0.943 bits per heavy atom. The molecule has 2 heterocycles. The van der Waals surface area contributed by atoms with E-state index in [0.717, 1.165) is 64.2 Å². The predicted molar refractivity (Wildman–Crippen MR) is 147 cm³/mol. The third kappa shape index (κ3) is 6.22. The lowest BCUT2D eigenvalue weighted by Crippen LogP contribution is -2.49. The van der Waals surface area contributed by atoms with Crippen LogP contribution in [0.1, 0.15) is 30.2 Å². The van der Waals surface area contributed by atoms with Crippen molar-refractivity contribution in [2.75, 3.05) is 53.4 Å². The molecule has 5 heteroatoms. The van der Waals surface area contributed by atoms with Crippen molar-refractivity contribution in [2.45, 2.75) is 33.2 Å². The zero-order valence-electron chi connectivity index (χ0n) is 21.8. The average molecular weight is 473 g/mol. The zero-order valence-corrected chi connectivity index (χ0v) is 21.8.